The maximum Gasteiger partial charge on any atom is 0.164 e. The number of hydrogen-bond donors (Lipinski definition) is 0. The van der Waals surface area contributed by atoms with Gasteiger partial charge in [0.15, 0.2) is 17.5 Å². The Morgan fingerprint density at radius 1 is 0.327 bits per heavy atom. The molecule has 1 aliphatic carbocycles. The normalized spacial score (nSPS) is 12.9. The smallest absolute Gasteiger partial charge is 0.164 e. The number of fused-ring (bicyclic) bond motifs is 4. The molecule has 1 aromatic heterocycles. The third-order valence-corrected chi connectivity index (χ3v) is 9.97. The third-order valence-electron chi connectivity index (χ3n) is 9.97. The molecule has 3 heteroatoms. The fourth-order valence-electron chi connectivity index (χ4n) is 7.41. The van der Waals surface area contributed by atoms with Gasteiger partial charge in [0, 0.05) is 22.1 Å². The van der Waals surface area contributed by atoms with E-state index in [1.54, 1.807) is 0 Å². The van der Waals surface area contributed by atoms with E-state index in [-0.39, 0.29) is 5.41 Å². The van der Waals surface area contributed by atoms with E-state index in [4.69, 9.17) is 15.0 Å². The van der Waals surface area contributed by atoms with Crippen molar-refractivity contribution in [2.75, 3.05) is 0 Å². The lowest BCUT2D eigenvalue weighted by Crippen LogP contribution is -2.14. The van der Waals surface area contributed by atoms with Gasteiger partial charge in [-0.2, -0.15) is 0 Å². The van der Waals surface area contributed by atoms with Crippen LogP contribution < -0.4 is 0 Å². The van der Waals surface area contributed by atoms with Gasteiger partial charge in [-0.25, -0.2) is 15.0 Å². The monoisotopic (exact) mass is 627 g/mol. The van der Waals surface area contributed by atoms with Crippen LogP contribution in [-0.4, -0.2) is 15.0 Å². The minimum Gasteiger partial charge on any atom is -0.208 e. The van der Waals surface area contributed by atoms with Crippen LogP contribution in [0.25, 0.3) is 78.3 Å². The first kappa shape index (κ1) is 29.0. The fourth-order valence-corrected chi connectivity index (χ4v) is 7.41. The highest BCUT2D eigenvalue weighted by Gasteiger charge is 2.35. The topological polar surface area (TPSA) is 38.7 Å². The van der Waals surface area contributed by atoms with Gasteiger partial charge in [-0.15, -0.1) is 0 Å². The Morgan fingerprint density at radius 3 is 1.33 bits per heavy atom. The van der Waals surface area contributed by atoms with Crippen LogP contribution in [0.3, 0.4) is 0 Å². The Morgan fingerprint density at radius 2 is 0.735 bits per heavy atom. The standard InChI is InChI=1S/C46H33N3/c1-46(2)41-20-12-11-19-39(41)40-26-25-34(29-42(40)46)36-28-27-35(37-17-9-10-18-38(36)37)30-21-23-33(24-22-30)45-48-43(31-13-5-3-6-14-31)47-44(49-45)32-15-7-4-8-16-32/h3-29H,1-2H3. The Hall–Kier alpha value is -6.19. The van der Waals surface area contributed by atoms with Gasteiger partial charge in [0.25, 0.3) is 0 Å². The van der Waals surface area contributed by atoms with Crippen molar-refractivity contribution in [2.24, 2.45) is 0 Å². The van der Waals surface area contributed by atoms with Gasteiger partial charge < -0.3 is 0 Å². The lowest BCUT2D eigenvalue weighted by molar-refractivity contribution is 0.660. The molecule has 0 radical (unpaired) electrons. The van der Waals surface area contributed by atoms with Gasteiger partial charge in [0.05, 0.1) is 0 Å². The van der Waals surface area contributed by atoms with Gasteiger partial charge in [-0.3, -0.25) is 0 Å². The number of benzene rings is 7. The van der Waals surface area contributed by atoms with E-state index >= 15 is 0 Å². The second kappa shape index (κ2) is 11.5. The highest BCUT2D eigenvalue weighted by molar-refractivity contribution is 6.05. The Kier molecular flexibility index (Phi) is 6.80. The van der Waals surface area contributed by atoms with Gasteiger partial charge >= 0.3 is 0 Å². The van der Waals surface area contributed by atoms with Crippen LogP contribution in [0.2, 0.25) is 0 Å². The average Bonchev–Trinajstić information content (AvgIpc) is 3.40. The van der Waals surface area contributed by atoms with E-state index in [0.29, 0.717) is 17.5 Å². The zero-order valence-electron chi connectivity index (χ0n) is 27.4. The molecule has 0 fully saturated rings. The number of nitrogens with zero attached hydrogens (tertiary/aromatic N) is 3. The summed E-state index contributed by atoms with van der Waals surface area (Å²) in [5.41, 5.74) is 13.2. The molecule has 1 heterocycles. The van der Waals surface area contributed by atoms with Crippen molar-refractivity contribution in [3.8, 4) is 67.5 Å². The minimum absolute atomic E-state index is 0.0400. The molecular weight excluding hydrogens is 595 g/mol. The molecule has 0 bridgehead atoms. The Labute approximate surface area is 286 Å². The van der Waals surface area contributed by atoms with Crippen LogP contribution in [0.15, 0.2) is 164 Å². The molecule has 0 saturated carbocycles. The predicted octanol–water partition coefficient (Wildman–Crippen LogP) is 11.7. The van der Waals surface area contributed by atoms with Crippen molar-refractivity contribution in [3.05, 3.63) is 175 Å². The maximum atomic E-state index is 4.92. The average molecular weight is 628 g/mol. The molecule has 0 N–H and O–H groups in total. The zero-order chi connectivity index (χ0) is 33.0. The largest absolute Gasteiger partial charge is 0.208 e. The van der Waals surface area contributed by atoms with E-state index in [1.165, 1.54) is 49.7 Å². The van der Waals surface area contributed by atoms with E-state index in [1.807, 2.05) is 60.7 Å². The first-order chi connectivity index (χ1) is 24.0. The van der Waals surface area contributed by atoms with Crippen molar-refractivity contribution in [1.29, 1.82) is 0 Å². The molecule has 1 aliphatic rings. The number of rotatable bonds is 5. The van der Waals surface area contributed by atoms with Crippen molar-refractivity contribution >= 4 is 10.8 Å². The lowest BCUT2D eigenvalue weighted by Gasteiger charge is -2.22. The van der Waals surface area contributed by atoms with E-state index in [0.717, 1.165) is 22.3 Å². The van der Waals surface area contributed by atoms with Gasteiger partial charge in [-0.05, 0) is 61.3 Å². The highest BCUT2D eigenvalue weighted by atomic mass is 15.0. The molecule has 3 nitrogen and oxygen atoms in total. The van der Waals surface area contributed by atoms with Crippen molar-refractivity contribution in [3.63, 3.8) is 0 Å². The van der Waals surface area contributed by atoms with Crippen LogP contribution in [0.5, 0.6) is 0 Å². The summed E-state index contributed by atoms with van der Waals surface area (Å²) >= 11 is 0. The van der Waals surface area contributed by atoms with E-state index < -0.39 is 0 Å². The van der Waals surface area contributed by atoms with Crippen molar-refractivity contribution in [1.82, 2.24) is 15.0 Å². The highest BCUT2D eigenvalue weighted by Crippen LogP contribution is 2.50. The van der Waals surface area contributed by atoms with E-state index in [2.05, 4.69) is 117 Å². The van der Waals surface area contributed by atoms with Crippen LogP contribution in [0, 0.1) is 0 Å². The molecule has 49 heavy (non-hydrogen) atoms. The summed E-state index contributed by atoms with van der Waals surface area (Å²) in [6.07, 6.45) is 0. The van der Waals surface area contributed by atoms with Crippen molar-refractivity contribution in [2.45, 2.75) is 19.3 Å². The zero-order valence-corrected chi connectivity index (χ0v) is 27.4. The summed E-state index contributed by atoms with van der Waals surface area (Å²) in [5.74, 6) is 1.98. The second-order valence-electron chi connectivity index (χ2n) is 13.3. The molecule has 232 valence electrons. The summed E-state index contributed by atoms with van der Waals surface area (Å²) in [5, 5.41) is 2.48. The fraction of sp³-hybridized carbons (Fsp3) is 0.0652. The Balaban J connectivity index is 1.10. The van der Waals surface area contributed by atoms with E-state index in [9.17, 15) is 0 Å². The van der Waals surface area contributed by atoms with Crippen molar-refractivity contribution < 1.29 is 0 Å². The third kappa shape index (κ3) is 4.94. The SMILES string of the molecule is CC1(C)c2ccccc2-c2ccc(-c3ccc(-c4ccc(-c5nc(-c6ccccc6)nc(-c6ccccc6)n5)cc4)c4ccccc34)cc21. The summed E-state index contributed by atoms with van der Waals surface area (Å²) in [7, 11) is 0. The molecule has 0 unspecified atom stereocenters. The molecule has 0 saturated heterocycles. The second-order valence-corrected chi connectivity index (χ2v) is 13.3. The number of aromatic nitrogens is 3. The first-order valence-corrected chi connectivity index (χ1v) is 16.8. The molecule has 8 aromatic rings. The van der Waals surface area contributed by atoms with Gasteiger partial charge in [-0.1, -0.05) is 172 Å². The number of hydrogen-bond acceptors (Lipinski definition) is 3. The van der Waals surface area contributed by atoms with Crippen LogP contribution >= 0.6 is 0 Å². The predicted molar refractivity (Wildman–Crippen MR) is 202 cm³/mol. The van der Waals surface area contributed by atoms with Crippen LogP contribution in [0.4, 0.5) is 0 Å². The molecular formula is C46H33N3. The lowest BCUT2D eigenvalue weighted by atomic mass is 9.81. The molecule has 0 aliphatic heterocycles. The summed E-state index contributed by atoms with van der Waals surface area (Å²) in [4.78, 5) is 14.7. The molecule has 0 spiro atoms. The Bertz CT molecular complexity index is 2440. The molecule has 7 aromatic carbocycles. The van der Waals surface area contributed by atoms with Crippen LogP contribution in [-0.2, 0) is 5.41 Å². The quantitative estimate of drug-likeness (QED) is 0.191. The maximum absolute atomic E-state index is 4.92. The minimum atomic E-state index is -0.0400. The molecule has 0 atom stereocenters. The summed E-state index contributed by atoms with van der Waals surface area (Å²) < 4.78 is 0. The first-order valence-electron chi connectivity index (χ1n) is 16.8. The van der Waals surface area contributed by atoms with Gasteiger partial charge in [0.1, 0.15) is 0 Å². The van der Waals surface area contributed by atoms with Gasteiger partial charge in [0.2, 0.25) is 0 Å². The molecule has 0 amide bonds. The summed E-state index contributed by atoms with van der Waals surface area (Å²) in [6.45, 7) is 4.68. The summed E-state index contributed by atoms with van der Waals surface area (Å²) in [6, 6.07) is 57.9. The molecule has 9 rings (SSSR count). The van der Waals surface area contributed by atoms with Crippen LogP contribution in [0.1, 0.15) is 25.0 Å².